The van der Waals surface area contributed by atoms with Gasteiger partial charge in [0, 0.05) is 24.0 Å². The van der Waals surface area contributed by atoms with E-state index in [1.54, 1.807) is 19.2 Å². The van der Waals surface area contributed by atoms with Crippen LogP contribution in [0.4, 0.5) is 4.39 Å². The van der Waals surface area contributed by atoms with E-state index in [2.05, 4.69) is 31.9 Å². The third-order valence-corrected chi connectivity index (χ3v) is 4.70. The number of fused-ring (bicyclic) bond motifs is 1. The number of hydrogen-bond acceptors (Lipinski definition) is 3. The predicted molar refractivity (Wildman–Crippen MR) is 88.8 cm³/mol. The number of phenols is 1. The Labute approximate surface area is 141 Å². The van der Waals surface area contributed by atoms with Gasteiger partial charge in [0.05, 0.1) is 9.99 Å². The van der Waals surface area contributed by atoms with Crippen LogP contribution in [-0.2, 0) is 12.4 Å². The highest BCUT2D eigenvalue weighted by Crippen LogP contribution is 2.37. The van der Waals surface area contributed by atoms with E-state index in [0.29, 0.717) is 26.4 Å². The highest BCUT2D eigenvalue weighted by atomic mass is 79.9. The Morgan fingerprint density at radius 3 is 2.68 bits per heavy atom. The zero-order valence-electron chi connectivity index (χ0n) is 11.4. The van der Waals surface area contributed by atoms with Gasteiger partial charge in [-0.2, -0.15) is 0 Å². The van der Waals surface area contributed by atoms with Crippen LogP contribution in [0.3, 0.4) is 0 Å². The Bertz CT molecular complexity index is 946. The van der Waals surface area contributed by atoms with Gasteiger partial charge in [-0.3, -0.25) is 4.57 Å². The Balaban J connectivity index is 2.34. The summed E-state index contributed by atoms with van der Waals surface area (Å²) in [6.07, 6.45) is 0. The van der Waals surface area contributed by atoms with Crippen molar-refractivity contribution in [3.05, 3.63) is 50.7 Å². The maximum Gasteiger partial charge on any atom is 0.419 e. The summed E-state index contributed by atoms with van der Waals surface area (Å²) in [5.74, 6) is -1.03. The minimum absolute atomic E-state index is 0.0780. The molecule has 0 aliphatic carbocycles. The van der Waals surface area contributed by atoms with E-state index in [9.17, 15) is 14.3 Å². The molecule has 1 aromatic heterocycles. The highest BCUT2D eigenvalue weighted by molar-refractivity contribution is 9.10. The molecule has 0 saturated heterocycles. The van der Waals surface area contributed by atoms with E-state index in [1.165, 1.54) is 16.7 Å². The number of aromatic nitrogens is 1. The number of alkyl halides is 1. The molecule has 22 heavy (non-hydrogen) atoms. The molecule has 0 fully saturated rings. The van der Waals surface area contributed by atoms with Crippen LogP contribution in [-0.4, -0.2) is 9.67 Å². The second-order valence-electron chi connectivity index (χ2n) is 4.82. The Kier molecular flexibility index (Phi) is 3.86. The molecule has 114 valence electrons. The third kappa shape index (κ3) is 2.38. The van der Waals surface area contributed by atoms with E-state index in [4.69, 9.17) is 4.42 Å². The van der Waals surface area contributed by atoms with Gasteiger partial charge < -0.3 is 9.52 Å². The summed E-state index contributed by atoms with van der Waals surface area (Å²) in [6, 6.07) is 5.98. The second kappa shape index (κ2) is 5.55. The summed E-state index contributed by atoms with van der Waals surface area (Å²) in [7, 11) is 1.57. The van der Waals surface area contributed by atoms with Gasteiger partial charge in [0.25, 0.3) is 0 Å². The summed E-state index contributed by atoms with van der Waals surface area (Å²) in [6.45, 7) is 0. The summed E-state index contributed by atoms with van der Waals surface area (Å²) in [4.78, 5) is 11.6. The quantitative estimate of drug-likeness (QED) is 0.616. The minimum atomic E-state index is -0.519. The number of phenolic OH excluding ortho intramolecular Hbond substituents is 1. The molecule has 0 saturated carbocycles. The Morgan fingerprint density at radius 2 is 2.00 bits per heavy atom. The molecule has 7 heteroatoms. The molecule has 0 bridgehead atoms. The molecule has 3 aromatic rings. The molecule has 0 aliphatic rings. The van der Waals surface area contributed by atoms with Crippen molar-refractivity contribution in [3.8, 4) is 16.9 Å². The van der Waals surface area contributed by atoms with Gasteiger partial charge in [-0.1, -0.05) is 15.9 Å². The largest absolute Gasteiger partial charge is 0.507 e. The molecule has 2 aromatic carbocycles. The van der Waals surface area contributed by atoms with Gasteiger partial charge in [0.15, 0.2) is 5.58 Å². The van der Waals surface area contributed by atoms with E-state index < -0.39 is 11.6 Å². The molecule has 0 unspecified atom stereocenters. The zero-order chi connectivity index (χ0) is 16.0. The fraction of sp³-hybridized carbons (Fsp3) is 0.133. The Hall–Kier alpha value is -1.60. The van der Waals surface area contributed by atoms with Crippen molar-refractivity contribution >= 4 is 43.0 Å². The smallest absolute Gasteiger partial charge is 0.419 e. The summed E-state index contributed by atoms with van der Waals surface area (Å²) < 4.78 is 20.6. The number of rotatable bonds is 2. The van der Waals surface area contributed by atoms with Gasteiger partial charge in [-0.15, -0.1) is 0 Å². The number of aryl methyl sites for hydroxylation is 1. The van der Waals surface area contributed by atoms with E-state index >= 15 is 0 Å². The standard InChI is InChI=1S/C15H10Br2FNO3/c1-19-12-4-9(13(20)5-14(12)22-15(19)21)8-3-11(18)10(17)2-7(8)6-16/h2-5,20H,6H2,1H3. The van der Waals surface area contributed by atoms with Crippen LogP contribution in [0.25, 0.3) is 22.2 Å². The lowest BCUT2D eigenvalue weighted by Gasteiger charge is -2.11. The van der Waals surface area contributed by atoms with Gasteiger partial charge in [-0.25, -0.2) is 9.18 Å². The monoisotopic (exact) mass is 429 g/mol. The summed E-state index contributed by atoms with van der Waals surface area (Å²) in [5.41, 5.74) is 2.60. The molecule has 0 atom stereocenters. The fourth-order valence-corrected chi connectivity index (χ4v) is 3.18. The van der Waals surface area contributed by atoms with Gasteiger partial charge >= 0.3 is 5.76 Å². The van der Waals surface area contributed by atoms with E-state index in [-0.39, 0.29) is 11.3 Å². The summed E-state index contributed by atoms with van der Waals surface area (Å²) in [5, 5.41) is 10.7. The maximum absolute atomic E-state index is 13.9. The van der Waals surface area contributed by atoms with Crippen LogP contribution < -0.4 is 5.76 Å². The lowest BCUT2D eigenvalue weighted by molar-refractivity contribution is 0.475. The normalized spacial score (nSPS) is 11.3. The average molecular weight is 431 g/mol. The number of oxazole rings is 1. The zero-order valence-corrected chi connectivity index (χ0v) is 14.5. The number of halogens is 3. The van der Waals surface area contributed by atoms with Gasteiger partial charge in [0.1, 0.15) is 11.6 Å². The van der Waals surface area contributed by atoms with E-state index in [0.717, 1.165) is 5.56 Å². The number of aromatic hydroxyl groups is 1. The molecule has 4 nitrogen and oxygen atoms in total. The fourth-order valence-electron chi connectivity index (χ4n) is 2.33. The Morgan fingerprint density at radius 1 is 1.27 bits per heavy atom. The van der Waals surface area contributed by atoms with Crippen LogP contribution in [0.5, 0.6) is 5.75 Å². The lowest BCUT2D eigenvalue weighted by Crippen LogP contribution is -2.08. The van der Waals surface area contributed by atoms with Crippen molar-refractivity contribution in [3.63, 3.8) is 0 Å². The number of benzene rings is 2. The van der Waals surface area contributed by atoms with Crippen molar-refractivity contribution in [2.24, 2.45) is 7.05 Å². The molecule has 0 amide bonds. The first-order chi connectivity index (χ1) is 10.4. The second-order valence-corrected chi connectivity index (χ2v) is 6.24. The van der Waals surface area contributed by atoms with Crippen LogP contribution in [0.1, 0.15) is 5.56 Å². The van der Waals surface area contributed by atoms with Crippen molar-refractivity contribution in [2.75, 3.05) is 0 Å². The van der Waals surface area contributed by atoms with Gasteiger partial charge in [-0.05, 0) is 45.3 Å². The van der Waals surface area contributed by atoms with Crippen molar-refractivity contribution < 1.29 is 13.9 Å². The first-order valence-electron chi connectivity index (χ1n) is 6.29. The average Bonchev–Trinajstić information content (AvgIpc) is 2.75. The molecule has 0 spiro atoms. The van der Waals surface area contributed by atoms with Crippen molar-refractivity contribution in [2.45, 2.75) is 5.33 Å². The van der Waals surface area contributed by atoms with Crippen LogP contribution in [0.2, 0.25) is 0 Å². The molecule has 0 aliphatic heterocycles. The van der Waals surface area contributed by atoms with Crippen molar-refractivity contribution in [1.82, 2.24) is 4.57 Å². The molecule has 1 heterocycles. The third-order valence-electron chi connectivity index (χ3n) is 3.49. The SMILES string of the molecule is Cn1c(=O)oc2cc(O)c(-c3cc(F)c(Br)cc3CBr)cc21. The molecule has 3 rings (SSSR count). The van der Waals surface area contributed by atoms with Gasteiger partial charge in [0.2, 0.25) is 0 Å². The first-order valence-corrected chi connectivity index (χ1v) is 8.20. The topological polar surface area (TPSA) is 55.4 Å². The minimum Gasteiger partial charge on any atom is -0.507 e. The molecule has 1 N–H and O–H groups in total. The van der Waals surface area contributed by atoms with Crippen LogP contribution in [0.15, 0.2) is 37.9 Å². The van der Waals surface area contributed by atoms with Crippen molar-refractivity contribution in [1.29, 1.82) is 0 Å². The lowest BCUT2D eigenvalue weighted by atomic mass is 9.99. The number of hydrogen-bond donors (Lipinski definition) is 1. The molecular formula is C15H10Br2FNO3. The molecular weight excluding hydrogens is 421 g/mol. The maximum atomic E-state index is 13.9. The number of nitrogens with zero attached hydrogens (tertiary/aromatic N) is 1. The first kappa shape index (κ1) is 15.3. The highest BCUT2D eigenvalue weighted by Gasteiger charge is 2.16. The molecule has 0 radical (unpaired) electrons. The van der Waals surface area contributed by atoms with Crippen LogP contribution >= 0.6 is 31.9 Å². The predicted octanol–water partition coefficient (Wildman–Crippen LogP) is 4.30. The summed E-state index contributed by atoms with van der Waals surface area (Å²) >= 11 is 6.51. The van der Waals surface area contributed by atoms with Crippen LogP contribution in [0, 0.1) is 5.82 Å². The van der Waals surface area contributed by atoms with E-state index in [1.807, 2.05) is 0 Å².